The van der Waals surface area contributed by atoms with Gasteiger partial charge in [0.2, 0.25) is 0 Å². The third kappa shape index (κ3) is 3.63. The van der Waals surface area contributed by atoms with E-state index in [9.17, 15) is 9.59 Å². The van der Waals surface area contributed by atoms with E-state index in [1.54, 1.807) is 12.3 Å². The molecule has 128 valence electrons. The number of carbonyl (C=O) groups is 1. The van der Waals surface area contributed by atoms with Gasteiger partial charge < -0.3 is 9.13 Å². The second-order valence-electron chi connectivity index (χ2n) is 6.45. The van der Waals surface area contributed by atoms with Gasteiger partial charge in [0, 0.05) is 35.8 Å². The molecule has 25 heavy (non-hydrogen) atoms. The fourth-order valence-corrected chi connectivity index (χ4v) is 3.07. The molecule has 0 aliphatic carbocycles. The zero-order valence-electron chi connectivity index (χ0n) is 14.8. The lowest BCUT2D eigenvalue weighted by Crippen LogP contribution is -2.23. The van der Waals surface area contributed by atoms with Crippen LogP contribution in [-0.2, 0) is 13.1 Å². The van der Waals surface area contributed by atoms with Gasteiger partial charge in [-0.3, -0.25) is 9.59 Å². The van der Waals surface area contributed by atoms with E-state index in [1.165, 1.54) is 10.1 Å². The van der Waals surface area contributed by atoms with Crippen molar-refractivity contribution in [2.24, 2.45) is 0 Å². The van der Waals surface area contributed by atoms with Crippen LogP contribution in [0.5, 0.6) is 0 Å². The zero-order valence-corrected chi connectivity index (χ0v) is 14.8. The van der Waals surface area contributed by atoms with Gasteiger partial charge in [0.15, 0.2) is 5.78 Å². The average molecular weight is 334 g/mol. The summed E-state index contributed by atoms with van der Waals surface area (Å²) in [6, 6.07) is 15.5. The minimum atomic E-state index is -0.147. The van der Waals surface area contributed by atoms with Crippen molar-refractivity contribution >= 4 is 5.78 Å². The smallest absolute Gasteiger partial charge is 0.251 e. The molecule has 0 spiro atoms. The van der Waals surface area contributed by atoms with Crippen LogP contribution in [0.1, 0.15) is 32.9 Å². The first kappa shape index (κ1) is 17.0. The standard InChI is InChI=1S/C21H22N2O2/c1-15-9-10-22(21(25)11-15)14-20(24)19-12-16(2)23(17(19)3)13-18-7-5-4-6-8-18/h4-12H,13-14H2,1-3H3. The second kappa shape index (κ2) is 6.93. The van der Waals surface area contributed by atoms with E-state index in [1.807, 2.05) is 51.1 Å². The lowest BCUT2D eigenvalue weighted by molar-refractivity contribution is 0.0970. The largest absolute Gasteiger partial charge is 0.344 e. The Balaban J connectivity index is 1.86. The predicted octanol–water partition coefficient (Wildman–Crippen LogP) is 3.51. The number of ketones is 1. The first-order valence-electron chi connectivity index (χ1n) is 8.36. The SMILES string of the molecule is Cc1ccn(CC(=O)c2cc(C)n(Cc3ccccc3)c2C)c(=O)c1. The number of benzene rings is 1. The Morgan fingerprint density at radius 2 is 1.72 bits per heavy atom. The summed E-state index contributed by atoms with van der Waals surface area (Å²) in [5.74, 6) is -0.0432. The van der Waals surface area contributed by atoms with Gasteiger partial charge in [0.05, 0.1) is 6.54 Å². The van der Waals surface area contributed by atoms with Gasteiger partial charge in [0.1, 0.15) is 0 Å². The van der Waals surface area contributed by atoms with Crippen molar-refractivity contribution in [3.63, 3.8) is 0 Å². The maximum Gasteiger partial charge on any atom is 0.251 e. The van der Waals surface area contributed by atoms with Gasteiger partial charge in [-0.05, 0) is 44.0 Å². The molecular formula is C21H22N2O2. The number of aryl methyl sites for hydroxylation is 2. The number of hydrogen-bond donors (Lipinski definition) is 0. The molecule has 0 N–H and O–H groups in total. The summed E-state index contributed by atoms with van der Waals surface area (Å²) >= 11 is 0. The van der Waals surface area contributed by atoms with Crippen LogP contribution >= 0.6 is 0 Å². The van der Waals surface area contributed by atoms with E-state index < -0.39 is 0 Å². The number of carbonyl (C=O) groups excluding carboxylic acids is 1. The van der Waals surface area contributed by atoms with Crippen molar-refractivity contribution < 1.29 is 4.79 Å². The molecule has 0 amide bonds. The van der Waals surface area contributed by atoms with Gasteiger partial charge in [-0.2, -0.15) is 0 Å². The number of nitrogens with zero attached hydrogens (tertiary/aromatic N) is 2. The maximum absolute atomic E-state index is 12.7. The van der Waals surface area contributed by atoms with Crippen LogP contribution in [0.15, 0.2) is 59.5 Å². The van der Waals surface area contributed by atoms with Crippen molar-refractivity contribution in [3.05, 3.63) is 93.2 Å². The maximum atomic E-state index is 12.7. The first-order valence-corrected chi connectivity index (χ1v) is 8.36. The molecule has 0 saturated heterocycles. The van der Waals surface area contributed by atoms with Crippen LogP contribution in [0.25, 0.3) is 0 Å². The lowest BCUT2D eigenvalue weighted by Gasteiger charge is -2.10. The van der Waals surface area contributed by atoms with Crippen molar-refractivity contribution in [2.75, 3.05) is 0 Å². The molecular weight excluding hydrogens is 312 g/mol. The van der Waals surface area contributed by atoms with Crippen LogP contribution in [0.2, 0.25) is 0 Å². The topological polar surface area (TPSA) is 44.0 Å². The molecule has 2 heterocycles. The molecule has 0 radical (unpaired) electrons. The fourth-order valence-electron chi connectivity index (χ4n) is 3.07. The first-order chi connectivity index (χ1) is 12.0. The van der Waals surface area contributed by atoms with Crippen LogP contribution in [0.4, 0.5) is 0 Å². The third-order valence-electron chi connectivity index (χ3n) is 4.52. The van der Waals surface area contributed by atoms with Crippen molar-refractivity contribution in [1.29, 1.82) is 0 Å². The molecule has 0 atom stereocenters. The lowest BCUT2D eigenvalue weighted by atomic mass is 10.1. The third-order valence-corrected chi connectivity index (χ3v) is 4.52. The van der Waals surface area contributed by atoms with Crippen molar-refractivity contribution in [2.45, 2.75) is 33.9 Å². The minimum Gasteiger partial charge on any atom is -0.344 e. The summed E-state index contributed by atoms with van der Waals surface area (Å²) in [6.07, 6.45) is 1.68. The molecule has 3 aromatic rings. The van der Waals surface area contributed by atoms with E-state index in [4.69, 9.17) is 0 Å². The van der Waals surface area contributed by atoms with Crippen molar-refractivity contribution in [3.8, 4) is 0 Å². The quantitative estimate of drug-likeness (QED) is 0.670. The molecule has 0 bridgehead atoms. The Hall–Kier alpha value is -2.88. The van der Waals surface area contributed by atoms with E-state index in [0.29, 0.717) is 5.56 Å². The average Bonchev–Trinajstić information content (AvgIpc) is 2.86. The number of Topliss-reactive ketones (excluding diaryl/α,β-unsaturated/α-hetero) is 1. The van der Waals surface area contributed by atoms with Crippen LogP contribution in [-0.4, -0.2) is 14.9 Å². The molecule has 0 saturated carbocycles. The zero-order chi connectivity index (χ0) is 18.0. The van der Waals surface area contributed by atoms with Crippen LogP contribution < -0.4 is 5.56 Å². The predicted molar refractivity (Wildman–Crippen MR) is 99.2 cm³/mol. The number of rotatable bonds is 5. The van der Waals surface area contributed by atoms with Crippen LogP contribution in [0.3, 0.4) is 0 Å². The molecule has 4 nitrogen and oxygen atoms in total. The van der Waals surface area contributed by atoms with Crippen LogP contribution in [0, 0.1) is 20.8 Å². The number of aromatic nitrogens is 2. The highest BCUT2D eigenvalue weighted by Gasteiger charge is 2.16. The van der Waals surface area contributed by atoms with Gasteiger partial charge in [-0.15, -0.1) is 0 Å². The van der Waals surface area contributed by atoms with Gasteiger partial charge in [-0.25, -0.2) is 0 Å². The summed E-state index contributed by atoms with van der Waals surface area (Å²) in [6.45, 7) is 6.63. The number of hydrogen-bond acceptors (Lipinski definition) is 2. The Labute approximate surface area is 147 Å². The summed E-state index contributed by atoms with van der Waals surface area (Å²) in [5, 5.41) is 0. The normalized spacial score (nSPS) is 10.8. The Bertz CT molecular complexity index is 965. The Morgan fingerprint density at radius 1 is 1.00 bits per heavy atom. The minimum absolute atomic E-state index is 0.0432. The molecule has 0 fully saturated rings. The van der Waals surface area contributed by atoms with Gasteiger partial charge in [0.25, 0.3) is 5.56 Å². The van der Waals surface area contributed by atoms with E-state index in [-0.39, 0.29) is 17.9 Å². The summed E-state index contributed by atoms with van der Waals surface area (Å²) in [4.78, 5) is 24.7. The van der Waals surface area contributed by atoms with Crippen molar-refractivity contribution in [1.82, 2.24) is 9.13 Å². The monoisotopic (exact) mass is 334 g/mol. The van der Waals surface area contributed by atoms with E-state index in [0.717, 1.165) is 23.5 Å². The fraction of sp³-hybridized carbons (Fsp3) is 0.238. The molecule has 0 aliphatic heterocycles. The molecule has 1 aromatic carbocycles. The molecule has 2 aromatic heterocycles. The Morgan fingerprint density at radius 3 is 2.40 bits per heavy atom. The number of pyridine rings is 1. The molecule has 4 heteroatoms. The molecule has 0 unspecified atom stereocenters. The Kier molecular flexibility index (Phi) is 4.70. The van der Waals surface area contributed by atoms with Gasteiger partial charge in [-0.1, -0.05) is 30.3 Å². The molecule has 3 rings (SSSR count). The summed E-state index contributed by atoms with van der Waals surface area (Å²) in [7, 11) is 0. The second-order valence-corrected chi connectivity index (χ2v) is 6.45. The highest BCUT2D eigenvalue weighted by atomic mass is 16.1. The highest BCUT2D eigenvalue weighted by Crippen LogP contribution is 2.18. The summed E-state index contributed by atoms with van der Waals surface area (Å²) in [5.41, 5.74) is 4.60. The van der Waals surface area contributed by atoms with E-state index >= 15 is 0 Å². The van der Waals surface area contributed by atoms with E-state index in [2.05, 4.69) is 16.7 Å². The van der Waals surface area contributed by atoms with Gasteiger partial charge >= 0.3 is 0 Å². The summed E-state index contributed by atoms with van der Waals surface area (Å²) < 4.78 is 3.60. The highest BCUT2D eigenvalue weighted by molar-refractivity contribution is 5.97. The molecule has 0 aliphatic rings.